The number of hydrogen-bond acceptors (Lipinski definition) is 3. The van der Waals surface area contributed by atoms with Crippen LogP contribution >= 0.6 is 0 Å². The van der Waals surface area contributed by atoms with E-state index < -0.39 is 19.0 Å². The van der Waals surface area contributed by atoms with E-state index >= 15 is 0 Å². The Morgan fingerprint density at radius 3 is 2.62 bits per heavy atom. The SMILES string of the molecule is O=c1c2ccccc2nnn1C[B-](F)(F)F. The molecule has 2 rings (SSSR count). The van der Waals surface area contributed by atoms with Gasteiger partial charge in [-0.3, -0.25) is 4.79 Å². The molecule has 0 spiro atoms. The molecule has 1 aromatic carbocycles. The van der Waals surface area contributed by atoms with E-state index in [2.05, 4.69) is 10.3 Å². The molecule has 4 nitrogen and oxygen atoms in total. The van der Waals surface area contributed by atoms with Crippen molar-refractivity contribution in [2.75, 3.05) is 0 Å². The number of fused-ring (bicyclic) bond motifs is 1. The lowest BCUT2D eigenvalue weighted by molar-refractivity contribution is 0.426. The van der Waals surface area contributed by atoms with Crippen LogP contribution in [0.15, 0.2) is 29.1 Å². The van der Waals surface area contributed by atoms with E-state index in [-0.39, 0.29) is 5.39 Å². The zero-order valence-corrected chi connectivity index (χ0v) is 7.98. The minimum atomic E-state index is -5.10. The molecule has 0 atom stereocenters. The Balaban J connectivity index is 2.57. The molecule has 0 fully saturated rings. The topological polar surface area (TPSA) is 47.8 Å². The summed E-state index contributed by atoms with van der Waals surface area (Å²) in [7, 11) is 0. The standard InChI is InChI=1S/C8H6BF3N3O/c10-9(11,12)5-15-8(16)6-3-1-2-4-7(6)13-14-15/h1-4H,5H2/q-1. The first kappa shape index (κ1) is 10.7. The molecule has 2 aromatic rings. The van der Waals surface area contributed by atoms with Crippen LogP contribution in [0.1, 0.15) is 0 Å². The summed E-state index contributed by atoms with van der Waals surface area (Å²) in [6.07, 6.45) is -1.36. The molecule has 0 saturated carbocycles. The number of hydrogen-bond donors (Lipinski definition) is 0. The van der Waals surface area contributed by atoms with E-state index in [9.17, 15) is 17.7 Å². The lowest BCUT2D eigenvalue weighted by Gasteiger charge is -2.13. The highest BCUT2D eigenvalue weighted by Crippen LogP contribution is 2.10. The number of nitrogens with zero attached hydrogens (tertiary/aromatic N) is 3. The maximum Gasteiger partial charge on any atom is 0.499 e. The van der Waals surface area contributed by atoms with E-state index in [1.54, 1.807) is 12.1 Å². The molecular formula is C8H6BF3N3O-. The summed E-state index contributed by atoms with van der Waals surface area (Å²) >= 11 is 0. The van der Waals surface area contributed by atoms with Crippen molar-refractivity contribution in [3.05, 3.63) is 34.6 Å². The van der Waals surface area contributed by atoms with Gasteiger partial charge in [-0.15, -0.1) is 5.10 Å². The van der Waals surface area contributed by atoms with Crippen LogP contribution in [0.2, 0.25) is 0 Å². The van der Waals surface area contributed by atoms with E-state index in [4.69, 9.17) is 0 Å². The molecule has 84 valence electrons. The van der Waals surface area contributed by atoms with Gasteiger partial charge in [0.25, 0.3) is 5.56 Å². The first-order valence-corrected chi connectivity index (χ1v) is 4.51. The fourth-order valence-corrected chi connectivity index (χ4v) is 1.34. The molecule has 0 aliphatic carbocycles. The van der Waals surface area contributed by atoms with Gasteiger partial charge in [-0.1, -0.05) is 17.3 Å². The van der Waals surface area contributed by atoms with Crippen molar-refractivity contribution in [1.29, 1.82) is 0 Å². The third-order valence-corrected chi connectivity index (χ3v) is 2.01. The zero-order chi connectivity index (χ0) is 11.8. The molecule has 0 N–H and O–H groups in total. The van der Waals surface area contributed by atoms with Gasteiger partial charge in [0, 0.05) is 6.44 Å². The average molecular weight is 228 g/mol. The number of aromatic nitrogens is 3. The second-order valence-corrected chi connectivity index (χ2v) is 3.30. The summed E-state index contributed by atoms with van der Waals surface area (Å²) in [6.45, 7) is -5.10. The highest BCUT2D eigenvalue weighted by Gasteiger charge is 2.25. The van der Waals surface area contributed by atoms with Crippen molar-refractivity contribution in [2.24, 2.45) is 0 Å². The van der Waals surface area contributed by atoms with Gasteiger partial charge in [-0.2, -0.15) is 0 Å². The molecule has 1 aromatic heterocycles. The molecule has 0 amide bonds. The normalized spacial score (nSPS) is 11.9. The summed E-state index contributed by atoms with van der Waals surface area (Å²) in [4.78, 5) is 11.6. The van der Waals surface area contributed by atoms with Crippen molar-refractivity contribution in [2.45, 2.75) is 6.44 Å². The first-order chi connectivity index (χ1) is 7.47. The second kappa shape index (κ2) is 3.62. The number of rotatable bonds is 2. The monoisotopic (exact) mass is 228 g/mol. The third-order valence-electron chi connectivity index (χ3n) is 2.01. The maximum absolute atomic E-state index is 12.2. The lowest BCUT2D eigenvalue weighted by Crippen LogP contribution is -2.34. The maximum atomic E-state index is 12.2. The minimum absolute atomic E-state index is 0.137. The Labute approximate surface area is 87.7 Å². The minimum Gasteiger partial charge on any atom is -0.448 e. The molecule has 0 aliphatic rings. The number of halogens is 3. The van der Waals surface area contributed by atoms with E-state index in [0.29, 0.717) is 10.2 Å². The van der Waals surface area contributed by atoms with Crippen molar-refractivity contribution in [3.8, 4) is 0 Å². The predicted molar refractivity (Wildman–Crippen MR) is 52.9 cm³/mol. The molecule has 0 bridgehead atoms. The molecule has 16 heavy (non-hydrogen) atoms. The van der Waals surface area contributed by atoms with Crippen molar-refractivity contribution >= 4 is 17.9 Å². The summed E-state index contributed by atoms with van der Waals surface area (Å²) in [5.41, 5.74) is -0.483. The fraction of sp³-hybridized carbons (Fsp3) is 0.125. The van der Waals surface area contributed by atoms with Crippen LogP contribution in [0.3, 0.4) is 0 Å². The Morgan fingerprint density at radius 2 is 1.94 bits per heavy atom. The van der Waals surface area contributed by atoms with Crippen LogP contribution in [0.25, 0.3) is 10.9 Å². The van der Waals surface area contributed by atoms with Gasteiger partial charge in [-0.05, 0) is 12.1 Å². The van der Waals surface area contributed by atoms with Gasteiger partial charge in [0.2, 0.25) is 0 Å². The first-order valence-electron chi connectivity index (χ1n) is 4.51. The largest absolute Gasteiger partial charge is 0.499 e. The summed E-state index contributed by atoms with van der Waals surface area (Å²) in [6, 6.07) is 6.14. The molecule has 0 saturated heterocycles. The van der Waals surface area contributed by atoms with Crippen LogP contribution in [0, 0.1) is 0 Å². The summed E-state index contributed by atoms with van der Waals surface area (Å²) in [5.74, 6) is 0. The molecular weight excluding hydrogens is 222 g/mol. The van der Waals surface area contributed by atoms with Gasteiger partial charge in [-0.25, -0.2) is 4.68 Å². The van der Waals surface area contributed by atoms with E-state index in [1.165, 1.54) is 12.1 Å². The van der Waals surface area contributed by atoms with Gasteiger partial charge < -0.3 is 12.9 Å². The smallest absolute Gasteiger partial charge is 0.448 e. The highest BCUT2D eigenvalue weighted by atomic mass is 19.4. The summed E-state index contributed by atoms with van der Waals surface area (Å²) in [5, 5.41) is 6.93. The Bertz CT molecular complexity index is 580. The van der Waals surface area contributed by atoms with Crippen LogP contribution in [0.5, 0.6) is 0 Å². The van der Waals surface area contributed by atoms with Gasteiger partial charge >= 0.3 is 6.98 Å². The highest BCUT2D eigenvalue weighted by molar-refractivity contribution is 6.57. The lowest BCUT2D eigenvalue weighted by atomic mass is 9.92. The van der Waals surface area contributed by atoms with Crippen LogP contribution < -0.4 is 5.56 Å². The van der Waals surface area contributed by atoms with E-state index in [0.717, 1.165) is 0 Å². The fourth-order valence-electron chi connectivity index (χ4n) is 1.34. The van der Waals surface area contributed by atoms with Gasteiger partial charge in [0.05, 0.1) is 5.39 Å². The molecule has 1 heterocycles. The van der Waals surface area contributed by atoms with Crippen LogP contribution in [-0.4, -0.2) is 22.0 Å². The quantitative estimate of drug-likeness (QED) is 0.725. The molecule has 8 heteroatoms. The van der Waals surface area contributed by atoms with Crippen LogP contribution in [0.4, 0.5) is 12.9 Å². The average Bonchev–Trinajstić information content (AvgIpc) is 2.21. The molecule has 0 unspecified atom stereocenters. The number of benzene rings is 1. The van der Waals surface area contributed by atoms with Crippen molar-refractivity contribution < 1.29 is 12.9 Å². The van der Waals surface area contributed by atoms with Gasteiger partial charge in [0.1, 0.15) is 5.52 Å². The Kier molecular flexibility index (Phi) is 2.41. The van der Waals surface area contributed by atoms with E-state index in [1.807, 2.05) is 0 Å². The van der Waals surface area contributed by atoms with Crippen molar-refractivity contribution in [3.63, 3.8) is 0 Å². The van der Waals surface area contributed by atoms with Crippen LogP contribution in [-0.2, 0) is 6.44 Å². The summed E-state index contributed by atoms with van der Waals surface area (Å²) < 4.78 is 36.8. The Hall–Kier alpha value is -1.86. The van der Waals surface area contributed by atoms with Crippen molar-refractivity contribution in [1.82, 2.24) is 15.0 Å². The van der Waals surface area contributed by atoms with Gasteiger partial charge in [0.15, 0.2) is 0 Å². The molecule has 0 aliphatic heterocycles. The zero-order valence-electron chi connectivity index (χ0n) is 7.98. The second-order valence-electron chi connectivity index (χ2n) is 3.30. The Morgan fingerprint density at radius 1 is 1.25 bits per heavy atom. The predicted octanol–water partition coefficient (Wildman–Crippen LogP) is 1.18. The molecule has 0 radical (unpaired) electrons. The third kappa shape index (κ3) is 2.05.